The summed E-state index contributed by atoms with van der Waals surface area (Å²) in [7, 11) is -2.85. The van der Waals surface area contributed by atoms with Crippen molar-refractivity contribution in [1.29, 1.82) is 0 Å². The lowest BCUT2D eigenvalue weighted by molar-refractivity contribution is 0.601. The second-order valence-corrected chi connectivity index (χ2v) is 6.56. The third-order valence-corrected chi connectivity index (χ3v) is 4.48. The van der Waals surface area contributed by atoms with Crippen LogP contribution in [0.3, 0.4) is 0 Å². The molecule has 0 radical (unpaired) electrons. The van der Waals surface area contributed by atoms with E-state index in [1.165, 1.54) is 0 Å². The molecule has 1 aliphatic heterocycles. The van der Waals surface area contributed by atoms with Gasteiger partial charge in [-0.25, -0.2) is 8.42 Å². The first kappa shape index (κ1) is 11.6. The highest BCUT2D eigenvalue weighted by atomic mass is 35.5. The Balaban J connectivity index is 2.05. The van der Waals surface area contributed by atoms with Gasteiger partial charge in [-0.3, -0.25) is 4.99 Å². The number of halogens is 1. The van der Waals surface area contributed by atoms with Crippen LogP contribution >= 0.6 is 11.6 Å². The molecule has 0 amide bonds. The third-order valence-electron chi connectivity index (χ3n) is 2.49. The van der Waals surface area contributed by atoms with Crippen LogP contribution in [0.1, 0.15) is 12.0 Å². The molecule has 1 aromatic carbocycles. The fourth-order valence-corrected chi connectivity index (χ4v) is 3.51. The highest BCUT2D eigenvalue weighted by Crippen LogP contribution is 2.15. The first-order chi connectivity index (χ1) is 7.55. The molecular formula is C11H12ClNO2S. The molecule has 0 aliphatic carbocycles. The van der Waals surface area contributed by atoms with Gasteiger partial charge in [-0.15, -0.1) is 0 Å². The number of aliphatic imine (C=N–C) groups is 1. The van der Waals surface area contributed by atoms with Gasteiger partial charge in [0.1, 0.15) is 0 Å². The van der Waals surface area contributed by atoms with E-state index in [1.54, 1.807) is 18.3 Å². The molecule has 0 N–H and O–H groups in total. The summed E-state index contributed by atoms with van der Waals surface area (Å²) in [4.78, 5) is 4.27. The summed E-state index contributed by atoms with van der Waals surface area (Å²) in [5, 5.41) is 0.656. The van der Waals surface area contributed by atoms with Gasteiger partial charge in [0.15, 0.2) is 9.84 Å². The van der Waals surface area contributed by atoms with Gasteiger partial charge in [0.05, 0.1) is 17.5 Å². The van der Waals surface area contributed by atoms with E-state index in [0.29, 0.717) is 11.4 Å². The lowest BCUT2D eigenvalue weighted by atomic mass is 10.2. The average Bonchev–Trinajstić information content (AvgIpc) is 2.56. The molecule has 0 saturated carbocycles. The van der Waals surface area contributed by atoms with Crippen LogP contribution in [0.15, 0.2) is 29.3 Å². The summed E-state index contributed by atoms with van der Waals surface area (Å²) < 4.78 is 22.4. The van der Waals surface area contributed by atoms with Crippen LogP contribution in [-0.2, 0) is 9.84 Å². The first-order valence-corrected chi connectivity index (χ1v) is 7.24. The highest BCUT2D eigenvalue weighted by Gasteiger charge is 2.26. The molecule has 0 aromatic heterocycles. The van der Waals surface area contributed by atoms with Crippen LogP contribution in [0.5, 0.6) is 0 Å². The molecule has 5 heteroatoms. The van der Waals surface area contributed by atoms with Crippen molar-refractivity contribution in [2.75, 3.05) is 11.5 Å². The Morgan fingerprint density at radius 1 is 1.44 bits per heavy atom. The molecule has 0 spiro atoms. The van der Waals surface area contributed by atoms with Gasteiger partial charge in [0.25, 0.3) is 0 Å². The molecule has 1 heterocycles. The van der Waals surface area contributed by atoms with Crippen molar-refractivity contribution in [3.63, 3.8) is 0 Å². The zero-order valence-corrected chi connectivity index (χ0v) is 10.2. The van der Waals surface area contributed by atoms with Gasteiger partial charge in [0, 0.05) is 11.2 Å². The molecule has 1 saturated heterocycles. The Morgan fingerprint density at radius 3 is 2.88 bits per heavy atom. The molecule has 1 aliphatic rings. The van der Waals surface area contributed by atoms with Gasteiger partial charge >= 0.3 is 0 Å². The van der Waals surface area contributed by atoms with Crippen LogP contribution in [0.2, 0.25) is 5.02 Å². The number of hydrogen-bond donors (Lipinski definition) is 0. The van der Waals surface area contributed by atoms with Crippen molar-refractivity contribution in [2.24, 2.45) is 4.99 Å². The van der Waals surface area contributed by atoms with Gasteiger partial charge < -0.3 is 0 Å². The van der Waals surface area contributed by atoms with Gasteiger partial charge in [-0.05, 0) is 24.1 Å². The number of rotatable bonds is 2. The van der Waals surface area contributed by atoms with Crippen molar-refractivity contribution in [3.05, 3.63) is 34.9 Å². The Labute approximate surface area is 100 Å². The van der Waals surface area contributed by atoms with E-state index < -0.39 is 9.84 Å². The lowest BCUT2D eigenvalue weighted by Gasteiger charge is -1.99. The Kier molecular flexibility index (Phi) is 3.30. The lowest BCUT2D eigenvalue weighted by Crippen LogP contribution is -2.07. The topological polar surface area (TPSA) is 46.5 Å². The molecule has 1 aromatic rings. The third kappa shape index (κ3) is 3.06. The zero-order chi connectivity index (χ0) is 11.6. The van der Waals surface area contributed by atoms with E-state index in [4.69, 9.17) is 11.6 Å². The maximum absolute atomic E-state index is 11.2. The smallest absolute Gasteiger partial charge is 0.152 e. The second kappa shape index (κ2) is 4.55. The van der Waals surface area contributed by atoms with E-state index in [1.807, 2.05) is 12.1 Å². The Bertz CT molecular complexity index is 510. The minimum absolute atomic E-state index is 0.0935. The van der Waals surface area contributed by atoms with Crippen molar-refractivity contribution in [1.82, 2.24) is 0 Å². The monoisotopic (exact) mass is 257 g/mol. The predicted octanol–water partition coefficient (Wildman–Crippen LogP) is 1.95. The summed E-state index contributed by atoms with van der Waals surface area (Å²) in [5.74, 6) is 0.425. The minimum atomic E-state index is -2.85. The van der Waals surface area contributed by atoms with E-state index in [-0.39, 0.29) is 17.5 Å². The number of hydrogen-bond acceptors (Lipinski definition) is 3. The molecule has 2 rings (SSSR count). The minimum Gasteiger partial charge on any atom is -0.288 e. The maximum Gasteiger partial charge on any atom is 0.152 e. The SMILES string of the molecule is O=S1(=O)CC[C@H](N=Cc2cccc(Cl)c2)C1. The van der Waals surface area contributed by atoms with Crippen molar-refractivity contribution in [3.8, 4) is 0 Å². The number of sulfone groups is 1. The highest BCUT2D eigenvalue weighted by molar-refractivity contribution is 7.91. The number of nitrogens with zero attached hydrogens (tertiary/aromatic N) is 1. The Hall–Kier alpha value is -0.870. The molecular weight excluding hydrogens is 246 g/mol. The molecule has 0 bridgehead atoms. The summed E-state index contributed by atoms with van der Waals surface area (Å²) in [5.41, 5.74) is 0.900. The molecule has 16 heavy (non-hydrogen) atoms. The van der Waals surface area contributed by atoms with E-state index in [9.17, 15) is 8.42 Å². The summed E-state index contributed by atoms with van der Waals surface area (Å²) in [6.45, 7) is 0. The molecule has 3 nitrogen and oxygen atoms in total. The van der Waals surface area contributed by atoms with Gasteiger partial charge in [0.2, 0.25) is 0 Å². The summed E-state index contributed by atoms with van der Waals surface area (Å²) in [6.07, 6.45) is 2.32. The quantitative estimate of drug-likeness (QED) is 0.761. The van der Waals surface area contributed by atoms with E-state index in [0.717, 1.165) is 5.56 Å². The van der Waals surface area contributed by atoms with Crippen LogP contribution < -0.4 is 0 Å². The van der Waals surface area contributed by atoms with Gasteiger partial charge in [-0.2, -0.15) is 0 Å². The van der Waals surface area contributed by atoms with E-state index in [2.05, 4.69) is 4.99 Å². The molecule has 1 atom stereocenters. The van der Waals surface area contributed by atoms with E-state index >= 15 is 0 Å². The van der Waals surface area contributed by atoms with Crippen molar-refractivity contribution >= 4 is 27.7 Å². The average molecular weight is 258 g/mol. The fraction of sp³-hybridized carbons (Fsp3) is 0.364. The molecule has 1 fully saturated rings. The summed E-state index contributed by atoms with van der Waals surface area (Å²) in [6, 6.07) is 7.23. The summed E-state index contributed by atoms with van der Waals surface area (Å²) >= 11 is 5.83. The molecule has 86 valence electrons. The normalized spacial score (nSPS) is 23.9. The largest absolute Gasteiger partial charge is 0.288 e. The maximum atomic E-state index is 11.2. The van der Waals surface area contributed by atoms with Crippen LogP contribution in [0.4, 0.5) is 0 Å². The van der Waals surface area contributed by atoms with Crippen molar-refractivity contribution in [2.45, 2.75) is 12.5 Å². The van der Waals surface area contributed by atoms with Crippen molar-refractivity contribution < 1.29 is 8.42 Å². The predicted molar refractivity (Wildman–Crippen MR) is 66.1 cm³/mol. The van der Waals surface area contributed by atoms with Gasteiger partial charge in [-0.1, -0.05) is 23.7 Å². The molecule has 0 unspecified atom stereocenters. The fourth-order valence-electron chi connectivity index (χ4n) is 1.67. The second-order valence-electron chi connectivity index (χ2n) is 3.89. The van der Waals surface area contributed by atoms with Crippen LogP contribution in [-0.4, -0.2) is 32.2 Å². The zero-order valence-electron chi connectivity index (χ0n) is 8.64. The Morgan fingerprint density at radius 2 is 2.25 bits per heavy atom. The van der Waals surface area contributed by atoms with Crippen LogP contribution in [0.25, 0.3) is 0 Å². The first-order valence-electron chi connectivity index (χ1n) is 5.04. The number of benzene rings is 1. The van der Waals surface area contributed by atoms with Crippen LogP contribution in [0, 0.1) is 0 Å². The standard InChI is InChI=1S/C11H12ClNO2S/c12-10-3-1-2-9(6-10)7-13-11-4-5-16(14,15)8-11/h1-3,6-7,11H,4-5,8H2/t11-/m0/s1.